The molecular formula is C64H51N3. The minimum absolute atomic E-state index is 0.195. The average molecular weight is 862 g/mol. The van der Waals surface area contributed by atoms with Crippen LogP contribution < -0.4 is 14.7 Å². The summed E-state index contributed by atoms with van der Waals surface area (Å²) in [5.41, 5.74) is 20.7. The van der Waals surface area contributed by atoms with Gasteiger partial charge in [-0.15, -0.1) is 0 Å². The summed E-state index contributed by atoms with van der Waals surface area (Å²) in [4.78, 5) is 7.21. The van der Waals surface area contributed by atoms with Gasteiger partial charge >= 0.3 is 0 Å². The van der Waals surface area contributed by atoms with Crippen LogP contribution in [0.3, 0.4) is 0 Å². The summed E-state index contributed by atoms with van der Waals surface area (Å²) in [7, 11) is 0. The maximum absolute atomic E-state index is 2.46. The van der Waals surface area contributed by atoms with Crippen LogP contribution in [0, 0.1) is 6.92 Å². The predicted molar refractivity (Wildman–Crippen MR) is 284 cm³/mol. The number of benzene rings is 10. The van der Waals surface area contributed by atoms with Crippen LogP contribution in [-0.4, -0.2) is 0 Å². The minimum atomic E-state index is -0.195. The molecule has 0 aliphatic heterocycles. The molecule has 322 valence electrons. The van der Waals surface area contributed by atoms with Gasteiger partial charge in [-0.3, -0.25) is 0 Å². The Hall–Kier alpha value is -8.40. The van der Waals surface area contributed by atoms with E-state index in [0.717, 1.165) is 62.3 Å². The molecule has 0 N–H and O–H groups in total. The highest BCUT2D eigenvalue weighted by Gasteiger charge is 2.37. The van der Waals surface area contributed by atoms with Gasteiger partial charge in [0.25, 0.3) is 0 Å². The zero-order valence-corrected chi connectivity index (χ0v) is 38.1. The Labute approximate surface area is 395 Å². The van der Waals surface area contributed by atoms with Crippen LogP contribution in [-0.2, 0) is 5.41 Å². The molecule has 0 amide bonds. The molecule has 3 heteroatoms. The first-order chi connectivity index (χ1) is 32.9. The lowest BCUT2D eigenvalue weighted by Crippen LogP contribution is -2.18. The number of hydrogen-bond donors (Lipinski definition) is 0. The van der Waals surface area contributed by atoms with Crippen molar-refractivity contribution in [3.8, 4) is 33.4 Å². The second kappa shape index (κ2) is 17.5. The summed E-state index contributed by atoms with van der Waals surface area (Å²) < 4.78 is 0. The lowest BCUT2D eigenvalue weighted by atomic mass is 9.82. The third kappa shape index (κ3) is 7.85. The van der Waals surface area contributed by atoms with Gasteiger partial charge in [-0.2, -0.15) is 0 Å². The zero-order valence-electron chi connectivity index (χ0n) is 38.1. The SMILES string of the molecule is Cc1cccc2c1-c1ccc(N(c3cccc(-c4cccc(-c5ccccc5)c4)c3)c3cc(N(c4ccccc4)c4ccccc4)cc(N(c4ccccc4)c4ccccc4)c3)cc1C2(C)C. The molecule has 0 saturated carbocycles. The normalized spacial score (nSPS) is 12.2. The van der Waals surface area contributed by atoms with Crippen molar-refractivity contribution in [2.75, 3.05) is 14.7 Å². The van der Waals surface area contributed by atoms with Crippen LogP contribution in [0.4, 0.5) is 51.2 Å². The van der Waals surface area contributed by atoms with Gasteiger partial charge in [0.1, 0.15) is 0 Å². The van der Waals surface area contributed by atoms with Crippen molar-refractivity contribution < 1.29 is 0 Å². The summed E-state index contributed by atoms with van der Waals surface area (Å²) in [5.74, 6) is 0. The van der Waals surface area contributed by atoms with Crippen molar-refractivity contribution in [1.82, 2.24) is 0 Å². The number of fused-ring (bicyclic) bond motifs is 3. The Morgan fingerprint density at radius 1 is 0.269 bits per heavy atom. The Morgan fingerprint density at radius 2 is 0.642 bits per heavy atom. The Balaban J connectivity index is 1.18. The largest absolute Gasteiger partial charge is 0.310 e. The maximum atomic E-state index is 2.46. The Bertz CT molecular complexity index is 3150. The molecule has 11 rings (SSSR count). The number of anilines is 9. The van der Waals surface area contributed by atoms with E-state index in [2.05, 4.69) is 290 Å². The van der Waals surface area contributed by atoms with Gasteiger partial charge in [-0.25, -0.2) is 0 Å². The first-order valence-corrected chi connectivity index (χ1v) is 23.2. The van der Waals surface area contributed by atoms with Gasteiger partial charge in [0.2, 0.25) is 0 Å². The van der Waals surface area contributed by atoms with Crippen LogP contribution in [0.5, 0.6) is 0 Å². The summed E-state index contributed by atoms with van der Waals surface area (Å²) in [6, 6.07) is 92.4. The van der Waals surface area contributed by atoms with E-state index in [-0.39, 0.29) is 5.41 Å². The highest BCUT2D eigenvalue weighted by molar-refractivity contribution is 5.92. The Kier molecular flexibility index (Phi) is 10.8. The van der Waals surface area contributed by atoms with Gasteiger partial charge in [0, 0.05) is 39.5 Å². The fourth-order valence-corrected chi connectivity index (χ4v) is 10.0. The van der Waals surface area contributed by atoms with Gasteiger partial charge in [-0.05, 0) is 154 Å². The van der Waals surface area contributed by atoms with E-state index in [1.54, 1.807) is 0 Å². The van der Waals surface area contributed by atoms with Crippen LogP contribution in [0.25, 0.3) is 33.4 Å². The number of aryl methyl sites for hydroxylation is 1. The van der Waals surface area contributed by atoms with Crippen LogP contribution >= 0.6 is 0 Å². The molecule has 0 aromatic heterocycles. The molecule has 0 spiro atoms. The number of nitrogens with zero attached hydrogens (tertiary/aromatic N) is 3. The molecule has 1 aliphatic rings. The molecule has 10 aromatic carbocycles. The lowest BCUT2D eigenvalue weighted by Gasteiger charge is -2.33. The quantitative estimate of drug-likeness (QED) is 0.128. The molecule has 1 aliphatic carbocycles. The summed E-state index contributed by atoms with van der Waals surface area (Å²) in [5, 5.41) is 0. The van der Waals surface area contributed by atoms with Crippen molar-refractivity contribution in [3.05, 3.63) is 271 Å². The highest BCUT2D eigenvalue weighted by atomic mass is 15.2. The molecule has 0 radical (unpaired) electrons. The molecule has 3 nitrogen and oxygen atoms in total. The summed E-state index contributed by atoms with van der Waals surface area (Å²) >= 11 is 0. The second-order valence-corrected chi connectivity index (χ2v) is 17.9. The molecular weight excluding hydrogens is 811 g/mol. The summed E-state index contributed by atoms with van der Waals surface area (Å²) in [6.45, 7) is 6.99. The van der Waals surface area contributed by atoms with Crippen molar-refractivity contribution in [3.63, 3.8) is 0 Å². The van der Waals surface area contributed by atoms with E-state index in [9.17, 15) is 0 Å². The first kappa shape index (κ1) is 41.3. The van der Waals surface area contributed by atoms with Gasteiger partial charge in [-0.1, -0.05) is 172 Å². The smallest absolute Gasteiger partial charge is 0.0503 e. The average Bonchev–Trinajstić information content (AvgIpc) is 3.62. The zero-order chi connectivity index (χ0) is 45.3. The van der Waals surface area contributed by atoms with E-state index >= 15 is 0 Å². The van der Waals surface area contributed by atoms with Crippen molar-refractivity contribution in [2.45, 2.75) is 26.2 Å². The standard InChI is InChI=1S/C64H51N3/c1-46-22-19-37-61-63(46)60-39-38-56(45-62(60)64(61,2)3)67(55-36-21-27-50(41-55)49-26-20-25-48(40-49)47-23-9-4-10-24-47)59-43-57(65(51-28-11-5-12-29-51)52-30-13-6-14-31-52)42-58(44-59)66(53-32-15-7-16-33-53)54-34-17-8-18-35-54/h4-45H,1-3H3. The van der Waals surface area contributed by atoms with Crippen LogP contribution in [0.15, 0.2) is 255 Å². The monoisotopic (exact) mass is 861 g/mol. The minimum Gasteiger partial charge on any atom is -0.310 e. The fourth-order valence-electron chi connectivity index (χ4n) is 10.0. The van der Waals surface area contributed by atoms with Crippen molar-refractivity contribution in [1.29, 1.82) is 0 Å². The van der Waals surface area contributed by atoms with Crippen LogP contribution in [0.2, 0.25) is 0 Å². The number of hydrogen-bond acceptors (Lipinski definition) is 3. The molecule has 0 unspecified atom stereocenters. The molecule has 10 aromatic rings. The van der Waals surface area contributed by atoms with Gasteiger partial charge in [0.05, 0.1) is 17.1 Å². The van der Waals surface area contributed by atoms with Crippen molar-refractivity contribution in [2.24, 2.45) is 0 Å². The van der Waals surface area contributed by atoms with Gasteiger partial charge in [0.15, 0.2) is 0 Å². The maximum Gasteiger partial charge on any atom is 0.0503 e. The molecule has 0 atom stereocenters. The third-order valence-corrected chi connectivity index (χ3v) is 13.3. The second-order valence-electron chi connectivity index (χ2n) is 17.9. The van der Waals surface area contributed by atoms with E-state index in [1.165, 1.54) is 38.9 Å². The number of rotatable bonds is 11. The molecule has 0 fully saturated rings. The number of para-hydroxylation sites is 4. The van der Waals surface area contributed by atoms with E-state index in [0.29, 0.717) is 0 Å². The highest BCUT2D eigenvalue weighted by Crippen LogP contribution is 2.53. The topological polar surface area (TPSA) is 9.72 Å². The Morgan fingerprint density at radius 3 is 1.15 bits per heavy atom. The first-order valence-electron chi connectivity index (χ1n) is 23.2. The molecule has 67 heavy (non-hydrogen) atoms. The summed E-state index contributed by atoms with van der Waals surface area (Å²) in [6.07, 6.45) is 0. The van der Waals surface area contributed by atoms with E-state index in [4.69, 9.17) is 0 Å². The molecule has 0 heterocycles. The lowest BCUT2D eigenvalue weighted by molar-refractivity contribution is 0.660. The van der Waals surface area contributed by atoms with Gasteiger partial charge < -0.3 is 14.7 Å². The predicted octanol–water partition coefficient (Wildman–Crippen LogP) is 18.0. The van der Waals surface area contributed by atoms with E-state index in [1.807, 2.05) is 0 Å². The third-order valence-electron chi connectivity index (χ3n) is 13.3. The van der Waals surface area contributed by atoms with Crippen molar-refractivity contribution >= 4 is 51.2 Å². The molecule has 0 saturated heterocycles. The molecule has 0 bridgehead atoms. The fraction of sp³-hybridized carbons (Fsp3) is 0.0625. The van der Waals surface area contributed by atoms with E-state index < -0.39 is 0 Å². The van der Waals surface area contributed by atoms with Crippen LogP contribution in [0.1, 0.15) is 30.5 Å².